The highest BCUT2D eigenvalue weighted by molar-refractivity contribution is 5.70. The first-order valence-electron chi connectivity index (χ1n) is 38.0. The summed E-state index contributed by atoms with van der Waals surface area (Å²) in [6.45, 7) is 4.82. The number of ether oxygens (including phenoxy) is 4. The molecule has 0 radical (unpaired) electrons. The number of hydrogen-bond acceptors (Lipinski definition) is 8. The van der Waals surface area contributed by atoms with E-state index >= 15 is 0 Å². The van der Waals surface area contributed by atoms with Crippen LogP contribution in [0.25, 0.3) is 0 Å². The molecule has 0 aliphatic heterocycles. The number of rotatable bonds is 72. The normalized spacial score (nSPS) is 12.7. The lowest BCUT2D eigenvalue weighted by atomic mass is 10.0. The van der Waals surface area contributed by atoms with Crippen LogP contribution in [0.2, 0.25) is 0 Å². The summed E-state index contributed by atoms with van der Waals surface area (Å²) < 4.78 is 22.8. The molecule has 0 amide bonds. The molecule has 9 nitrogen and oxygen atoms in total. The van der Waals surface area contributed by atoms with E-state index < -0.39 is 24.3 Å². The minimum atomic E-state index is -1.62. The lowest BCUT2D eigenvalue weighted by Gasteiger charge is -2.26. The fourth-order valence-electron chi connectivity index (χ4n) is 11.6. The van der Waals surface area contributed by atoms with Crippen molar-refractivity contribution in [3.8, 4) is 0 Å². The Morgan fingerprint density at radius 1 is 0.349 bits per heavy atom. The first-order chi connectivity index (χ1) is 42.1. The number of carbonyl (C=O) groups excluding carboxylic acids is 3. The van der Waals surface area contributed by atoms with Crippen molar-refractivity contribution in [1.29, 1.82) is 0 Å². The molecule has 0 aliphatic carbocycles. The molecular weight excluding hydrogens is 1070 g/mol. The van der Waals surface area contributed by atoms with Crippen molar-refractivity contribution in [2.45, 2.75) is 405 Å². The van der Waals surface area contributed by atoms with E-state index in [2.05, 4.69) is 38.2 Å². The highest BCUT2D eigenvalue weighted by Crippen LogP contribution is 2.20. The van der Waals surface area contributed by atoms with Gasteiger partial charge in [0, 0.05) is 12.8 Å². The highest BCUT2D eigenvalue weighted by Gasteiger charge is 2.22. The monoisotopic (exact) mass is 1210 g/mol. The van der Waals surface area contributed by atoms with Crippen molar-refractivity contribution in [2.24, 2.45) is 0 Å². The van der Waals surface area contributed by atoms with E-state index in [0.29, 0.717) is 17.4 Å². The molecule has 0 spiro atoms. The lowest BCUT2D eigenvalue weighted by Crippen LogP contribution is -2.44. The Kier molecular flexibility index (Phi) is 66.9. The van der Waals surface area contributed by atoms with Crippen LogP contribution < -0.4 is 5.11 Å². The van der Waals surface area contributed by atoms with Gasteiger partial charge in [-0.25, -0.2) is 0 Å². The van der Waals surface area contributed by atoms with Gasteiger partial charge in [-0.3, -0.25) is 9.59 Å². The molecule has 0 saturated heterocycles. The van der Waals surface area contributed by atoms with Gasteiger partial charge in [-0.15, -0.1) is 0 Å². The van der Waals surface area contributed by atoms with Crippen molar-refractivity contribution in [1.82, 2.24) is 0 Å². The minimum absolute atomic E-state index is 0.153. The van der Waals surface area contributed by atoms with Crippen molar-refractivity contribution >= 4 is 17.9 Å². The molecule has 2 unspecified atom stereocenters. The van der Waals surface area contributed by atoms with Gasteiger partial charge in [0.15, 0.2) is 12.4 Å². The van der Waals surface area contributed by atoms with Gasteiger partial charge in [-0.2, -0.15) is 0 Å². The van der Waals surface area contributed by atoms with Crippen molar-refractivity contribution < 1.29 is 42.9 Å². The van der Waals surface area contributed by atoms with Gasteiger partial charge in [-0.1, -0.05) is 359 Å². The largest absolute Gasteiger partial charge is 0.545 e. The molecule has 508 valence electrons. The maximum Gasteiger partial charge on any atom is 0.306 e. The van der Waals surface area contributed by atoms with E-state index in [4.69, 9.17) is 18.9 Å². The summed E-state index contributed by atoms with van der Waals surface area (Å²) >= 11 is 0. The second-order valence-electron chi connectivity index (χ2n) is 27.3. The van der Waals surface area contributed by atoms with Gasteiger partial charge in [0.1, 0.15) is 13.2 Å². The summed E-state index contributed by atoms with van der Waals surface area (Å²) in [5.41, 5.74) is 0. The van der Waals surface area contributed by atoms with Crippen LogP contribution in [-0.2, 0) is 33.3 Å². The third-order valence-electron chi connectivity index (χ3n) is 17.5. The predicted molar refractivity (Wildman–Crippen MR) is 366 cm³/mol. The number of likely N-dealkylation sites (N-methyl/N-ethyl adjacent to an activating group) is 1. The Bertz CT molecular complexity index is 1460. The molecule has 0 aromatic rings. The first-order valence-corrected chi connectivity index (χ1v) is 38.0. The molecule has 9 heteroatoms. The number of carbonyl (C=O) groups is 3. The SMILES string of the molecule is CCCCCCC/C=C\C/C=C\CCCCCCCCCCCCCCCCCCCCCCCCCCCCCCCC(=O)OC(COC(=O)CCCCCCCCCCCCCCCCCCCCCC)COC(OCC[N+](C)(C)C)C(=O)[O-]. The zero-order valence-corrected chi connectivity index (χ0v) is 58.2. The van der Waals surface area contributed by atoms with Gasteiger partial charge < -0.3 is 33.3 Å². The van der Waals surface area contributed by atoms with Crippen LogP contribution in [0.4, 0.5) is 0 Å². The molecule has 0 N–H and O–H groups in total. The Morgan fingerprint density at radius 2 is 0.628 bits per heavy atom. The Balaban J connectivity index is 3.91. The summed E-state index contributed by atoms with van der Waals surface area (Å²) in [5, 5.41) is 11.8. The molecule has 0 saturated carbocycles. The number of unbranched alkanes of at least 4 members (excludes halogenated alkanes) is 53. The fourth-order valence-corrected chi connectivity index (χ4v) is 11.6. The number of allylic oxidation sites excluding steroid dienone is 4. The van der Waals surface area contributed by atoms with Gasteiger partial charge >= 0.3 is 11.9 Å². The zero-order chi connectivity index (χ0) is 62.6. The Morgan fingerprint density at radius 3 is 0.919 bits per heavy atom. The number of nitrogens with zero attached hydrogens (tertiary/aromatic N) is 1. The number of carboxylic acids is 1. The fraction of sp³-hybridized carbons (Fsp3) is 0.909. The van der Waals surface area contributed by atoms with Crippen molar-refractivity contribution in [3.63, 3.8) is 0 Å². The highest BCUT2D eigenvalue weighted by atomic mass is 16.7. The third kappa shape index (κ3) is 69.2. The first kappa shape index (κ1) is 83.8. The quantitative estimate of drug-likeness (QED) is 0.0195. The summed E-state index contributed by atoms with van der Waals surface area (Å²) in [5.74, 6) is -2.25. The molecule has 0 heterocycles. The van der Waals surface area contributed by atoms with E-state index in [1.54, 1.807) is 0 Å². The number of aliphatic carboxylic acids is 1. The van der Waals surface area contributed by atoms with E-state index in [-0.39, 0.29) is 32.2 Å². The molecular formula is C77H147NO8. The molecule has 2 atom stereocenters. The number of quaternary nitrogens is 1. The van der Waals surface area contributed by atoms with Crippen LogP contribution in [0, 0.1) is 0 Å². The lowest BCUT2D eigenvalue weighted by molar-refractivity contribution is -0.870. The van der Waals surface area contributed by atoms with Crippen LogP contribution in [0.1, 0.15) is 393 Å². The van der Waals surface area contributed by atoms with Crippen LogP contribution >= 0.6 is 0 Å². The molecule has 0 rings (SSSR count). The Hall–Kier alpha value is -2.23. The maximum atomic E-state index is 12.9. The average molecular weight is 1220 g/mol. The third-order valence-corrected chi connectivity index (χ3v) is 17.5. The summed E-state index contributed by atoms with van der Waals surface area (Å²) in [6.07, 6.45) is 83.0. The van der Waals surface area contributed by atoms with E-state index in [1.165, 1.54) is 321 Å². The second-order valence-corrected chi connectivity index (χ2v) is 27.3. The van der Waals surface area contributed by atoms with Gasteiger partial charge in [0.05, 0.1) is 40.3 Å². The summed E-state index contributed by atoms with van der Waals surface area (Å²) in [6, 6.07) is 0. The molecule has 0 aromatic carbocycles. The Labute approximate surface area is 535 Å². The minimum Gasteiger partial charge on any atom is -0.545 e. The molecule has 86 heavy (non-hydrogen) atoms. The molecule has 0 aromatic heterocycles. The van der Waals surface area contributed by atoms with Gasteiger partial charge in [0.2, 0.25) is 0 Å². The molecule has 0 fully saturated rings. The number of hydrogen-bond donors (Lipinski definition) is 0. The predicted octanol–water partition coefficient (Wildman–Crippen LogP) is 22.4. The van der Waals surface area contributed by atoms with Crippen LogP contribution in [0.15, 0.2) is 24.3 Å². The molecule has 0 aliphatic rings. The van der Waals surface area contributed by atoms with E-state index in [9.17, 15) is 19.5 Å². The zero-order valence-electron chi connectivity index (χ0n) is 58.2. The van der Waals surface area contributed by atoms with Crippen LogP contribution in [0.3, 0.4) is 0 Å². The van der Waals surface area contributed by atoms with E-state index in [1.807, 2.05) is 21.1 Å². The average Bonchev–Trinajstić information content (AvgIpc) is 3.63. The smallest absolute Gasteiger partial charge is 0.306 e. The second kappa shape index (κ2) is 68.7. The van der Waals surface area contributed by atoms with Crippen molar-refractivity contribution in [3.05, 3.63) is 24.3 Å². The van der Waals surface area contributed by atoms with Crippen LogP contribution in [0.5, 0.6) is 0 Å². The topological polar surface area (TPSA) is 111 Å². The van der Waals surface area contributed by atoms with Crippen LogP contribution in [-0.4, -0.2) is 82.3 Å². The standard InChI is InChI=1S/C77H147NO8/c1-6-8-10-12-14-16-18-20-22-24-26-28-29-30-31-32-33-34-35-36-37-38-39-40-41-42-43-44-45-46-47-48-50-52-54-56-58-60-62-64-66-68-75(80)86-73(72-85-77(76(81)82)83-70-69-78(3,4)5)71-84-74(79)67-65-63-61-59-57-55-53-51-49-27-25-23-21-19-17-15-13-11-9-7-2/h18,20,24,26,73,77H,6-17,19,21-23,25,27-72H2,1-5H3/b20-18-,26-24-. The summed E-state index contributed by atoms with van der Waals surface area (Å²) in [7, 11) is 5.95. The maximum absolute atomic E-state index is 12.9. The van der Waals surface area contributed by atoms with Crippen molar-refractivity contribution in [2.75, 3.05) is 47.5 Å². The van der Waals surface area contributed by atoms with Gasteiger partial charge in [0.25, 0.3) is 0 Å². The van der Waals surface area contributed by atoms with Gasteiger partial charge in [-0.05, 0) is 44.9 Å². The number of carboxylic acid groups (broad SMARTS) is 1. The number of esters is 2. The van der Waals surface area contributed by atoms with E-state index in [0.717, 1.165) is 44.9 Å². The summed E-state index contributed by atoms with van der Waals surface area (Å²) in [4.78, 5) is 37.5. The molecule has 0 bridgehead atoms.